The Kier molecular flexibility index (Phi) is 3.55. The molecule has 19 heavy (non-hydrogen) atoms. The highest BCUT2D eigenvalue weighted by atomic mass is 16.4. The third-order valence-electron chi connectivity index (χ3n) is 3.09. The molecule has 2 aromatic rings. The van der Waals surface area contributed by atoms with Gasteiger partial charge in [-0.1, -0.05) is 25.5 Å². The first-order chi connectivity index (χ1) is 9.07. The van der Waals surface area contributed by atoms with E-state index in [0.717, 1.165) is 12.8 Å². The molecule has 0 saturated heterocycles. The minimum atomic E-state index is -1.40. The molecule has 0 fully saturated rings. The summed E-state index contributed by atoms with van der Waals surface area (Å²) in [5.74, 6) is -1.86. The predicted octanol–water partition coefficient (Wildman–Crippen LogP) is 2.21. The lowest BCUT2D eigenvalue weighted by Gasteiger charge is -2.12. The highest BCUT2D eigenvalue weighted by Gasteiger charge is 2.20. The number of aromatic carboxylic acids is 1. The number of carboxylic acid groups (broad SMARTS) is 1. The SMILES string of the molecule is CCCCn1c(=O)c(C(=O)O)c(O)c2ccccc21. The molecule has 0 radical (unpaired) electrons. The summed E-state index contributed by atoms with van der Waals surface area (Å²) in [6.07, 6.45) is 1.66. The van der Waals surface area contributed by atoms with Gasteiger partial charge in [0.05, 0.1) is 5.52 Å². The number of fused-ring (bicyclic) bond motifs is 1. The van der Waals surface area contributed by atoms with Crippen molar-refractivity contribution in [1.29, 1.82) is 0 Å². The zero-order valence-electron chi connectivity index (χ0n) is 10.6. The van der Waals surface area contributed by atoms with Crippen LogP contribution in [0, 0.1) is 0 Å². The van der Waals surface area contributed by atoms with Gasteiger partial charge in [-0.25, -0.2) is 4.79 Å². The minimum absolute atomic E-state index is 0.385. The van der Waals surface area contributed by atoms with Crippen molar-refractivity contribution < 1.29 is 15.0 Å². The molecule has 0 aliphatic heterocycles. The molecule has 2 rings (SSSR count). The molecule has 1 aromatic heterocycles. The number of hydrogen-bond donors (Lipinski definition) is 2. The summed E-state index contributed by atoms with van der Waals surface area (Å²) in [6.45, 7) is 2.43. The fourth-order valence-electron chi connectivity index (χ4n) is 2.12. The number of carbonyl (C=O) groups is 1. The number of rotatable bonds is 4. The molecule has 0 spiro atoms. The standard InChI is InChI=1S/C14H15NO4/c1-2-3-8-15-10-7-5-4-6-9(10)12(16)11(13(15)17)14(18)19/h4-7,16H,2-3,8H2,1H3,(H,18,19). The molecule has 1 aromatic carbocycles. The van der Waals surface area contributed by atoms with Crippen LogP contribution in [0.3, 0.4) is 0 Å². The Hall–Kier alpha value is -2.30. The third-order valence-corrected chi connectivity index (χ3v) is 3.09. The van der Waals surface area contributed by atoms with E-state index >= 15 is 0 Å². The van der Waals surface area contributed by atoms with Crippen molar-refractivity contribution in [1.82, 2.24) is 4.57 Å². The Balaban J connectivity index is 2.84. The Labute approximate surface area is 109 Å². The van der Waals surface area contributed by atoms with Gasteiger partial charge in [0.25, 0.3) is 5.56 Å². The number of para-hydroxylation sites is 1. The lowest BCUT2D eigenvalue weighted by molar-refractivity contribution is 0.0691. The first kappa shape index (κ1) is 13.1. The predicted molar refractivity (Wildman–Crippen MR) is 71.7 cm³/mol. The van der Waals surface area contributed by atoms with Gasteiger partial charge in [0.1, 0.15) is 5.75 Å². The van der Waals surface area contributed by atoms with Gasteiger partial charge >= 0.3 is 5.97 Å². The largest absolute Gasteiger partial charge is 0.506 e. The summed E-state index contributed by atoms with van der Waals surface area (Å²) < 4.78 is 1.42. The van der Waals surface area contributed by atoms with Crippen LogP contribution in [-0.4, -0.2) is 20.7 Å². The quantitative estimate of drug-likeness (QED) is 0.884. The van der Waals surface area contributed by atoms with E-state index in [9.17, 15) is 14.7 Å². The highest BCUT2D eigenvalue weighted by Crippen LogP contribution is 2.26. The van der Waals surface area contributed by atoms with Crippen molar-refractivity contribution >= 4 is 16.9 Å². The molecular weight excluding hydrogens is 246 g/mol. The van der Waals surface area contributed by atoms with Crippen molar-refractivity contribution in [2.75, 3.05) is 0 Å². The lowest BCUT2D eigenvalue weighted by Crippen LogP contribution is -2.27. The highest BCUT2D eigenvalue weighted by molar-refractivity contribution is 5.98. The molecule has 5 heteroatoms. The van der Waals surface area contributed by atoms with Crippen LogP contribution in [0.5, 0.6) is 5.75 Å². The van der Waals surface area contributed by atoms with Crippen LogP contribution in [0.4, 0.5) is 0 Å². The van der Waals surface area contributed by atoms with Crippen molar-refractivity contribution in [3.63, 3.8) is 0 Å². The molecule has 0 unspecified atom stereocenters. The van der Waals surface area contributed by atoms with Crippen LogP contribution in [-0.2, 0) is 6.54 Å². The van der Waals surface area contributed by atoms with E-state index in [1.807, 2.05) is 6.92 Å². The van der Waals surface area contributed by atoms with E-state index in [4.69, 9.17) is 5.11 Å². The van der Waals surface area contributed by atoms with Crippen molar-refractivity contribution in [3.8, 4) is 5.75 Å². The van der Waals surface area contributed by atoms with E-state index in [1.54, 1.807) is 24.3 Å². The van der Waals surface area contributed by atoms with Crippen LogP contribution >= 0.6 is 0 Å². The summed E-state index contributed by atoms with van der Waals surface area (Å²) in [5.41, 5.74) is -0.657. The Morgan fingerprint density at radius 2 is 2.00 bits per heavy atom. The molecule has 5 nitrogen and oxygen atoms in total. The number of aryl methyl sites for hydroxylation is 1. The van der Waals surface area contributed by atoms with Gasteiger partial charge in [0.2, 0.25) is 0 Å². The number of pyridine rings is 1. The second-order valence-corrected chi connectivity index (χ2v) is 4.36. The Morgan fingerprint density at radius 1 is 1.32 bits per heavy atom. The number of hydrogen-bond acceptors (Lipinski definition) is 3. The third kappa shape index (κ3) is 2.19. The van der Waals surface area contributed by atoms with E-state index in [0.29, 0.717) is 17.4 Å². The number of aromatic hydroxyl groups is 1. The van der Waals surface area contributed by atoms with E-state index in [2.05, 4.69) is 0 Å². The summed E-state index contributed by atoms with van der Waals surface area (Å²) in [6, 6.07) is 6.77. The molecule has 0 saturated carbocycles. The summed E-state index contributed by atoms with van der Waals surface area (Å²) in [5, 5.41) is 19.4. The van der Waals surface area contributed by atoms with Gasteiger partial charge in [-0.3, -0.25) is 4.79 Å². The van der Waals surface area contributed by atoms with Gasteiger partial charge in [-0.2, -0.15) is 0 Å². The first-order valence-corrected chi connectivity index (χ1v) is 6.15. The van der Waals surface area contributed by atoms with Crippen molar-refractivity contribution in [2.24, 2.45) is 0 Å². The van der Waals surface area contributed by atoms with Gasteiger partial charge in [0.15, 0.2) is 5.56 Å². The number of unbranched alkanes of at least 4 members (excludes halogenated alkanes) is 1. The van der Waals surface area contributed by atoms with Crippen LogP contribution in [0.15, 0.2) is 29.1 Å². The van der Waals surface area contributed by atoms with E-state index in [-0.39, 0.29) is 0 Å². The fourth-order valence-corrected chi connectivity index (χ4v) is 2.12. The van der Waals surface area contributed by atoms with Gasteiger partial charge in [-0.15, -0.1) is 0 Å². The number of aromatic nitrogens is 1. The molecule has 0 atom stereocenters. The van der Waals surface area contributed by atoms with Crippen molar-refractivity contribution in [2.45, 2.75) is 26.3 Å². The maximum atomic E-state index is 12.2. The Morgan fingerprint density at radius 3 is 2.63 bits per heavy atom. The minimum Gasteiger partial charge on any atom is -0.506 e. The zero-order valence-corrected chi connectivity index (χ0v) is 10.6. The molecule has 100 valence electrons. The maximum absolute atomic E-state index is 12.2. The van der Waals surface area contributed by atoms with E-state index in [1.165, 1.54) is 4.57 Å². The number of carboxylic acids is 1. The molecule has 2 N–H and O–H groups in total. The average Bonchev–Trinajstić information content (AvgIpc) is 2.38. The molecule has 0 amide bonds. The Bertz CT molecular complexity index is 688. The topological polar surface area (TPSA) is 79.5 Å². The molecule has 0 aliphatic carbocycles. The van der Waals surface area contributed by atoms with Gasteiger partial charge < -0.3 is 14.8 Å². The van der Waals surface area contributed by atoms with Crippen LogP contribution in [0.1, 0.15) is 30.1 Å². The van der Waals surface area contributed by atoms with E-state index < -0.39 is 22.8 Å². The zero-order chi connectivity index (χ0) is 14.0. The summed E-state index contributed by atoms with van der Waals surface area (Å²) >= 11 is 0. The summed E-state index contributed by atoms with van der Waals surface area (Å²) in [7, 11) is 0. The summed E-state index contributed by atoms with van der Waals surface area (Å²) in [4.78, 5) is 23.3. The maximum Gasteiger partial charge on any atom is 0.345 e. The average molecular weight is 261 g/mol. The number of benzene rings is 1. The van der Waals surface area contributed by atoms with Crippen molar-refractivity contribution in [3.05, 3.63) is 40.2 Å². The first-order valence-electron chi connectivity index (χ1n) is 6.15. The lowest BCUT2D eigenvalue weighted by atomic mass is 10.1. The second-order valence-electron chi connectivity index (χ2n) is 4.36. The van der Waals surface area contributed by atoms with Crippen LogP contribution in [0.25, 0.3) is 10.9 Å². The normalized spacial score (nSPS) is 10.8. The van der Waals surface area contributed by atoms with Gasteiger partial charge in [0, 0.05) is 11.9 Å². The molecule has 1 heterocycles. The number of nitrogens with zero attached hydrogens (tertiary/aromatic N) is 1. The molecular formula is C14H15NO4. The fraction of sp³-hybridized carbons (Fsp3) is 0.286. The monoisotopic (exact) mass is 261 g/mol. The molecule has 0 bridgehead atoms. The van der Waals surface area contributed by atoms with Gasteiger partial charge in [-0.05, 0) is 18.6 Å². The van der Waals surface area contributed by atoms with Crippen LogP contribution in [0.2, 0.25) is 0 Å². The molecule has 0 aliphatic rings. The van der Waals surface area contributed by atoms with Crippen LogP contribution < -0.4 is 5.56 Å². The smallest absolute Gasteiger partial charge is 0.345 e. The second kappa shape index (κ2) is 5.14.